The molecule has 0 aromatic carbocycles. The van der Waals surface area contributed by atoms with Crippen LogP contribution >= 0.6 is 0 Å². The Hall–Kier alpha value is -1.40. The van der Waals surface area contributed by atoms with Crippen LogP contribution in [0, 0.1) is 0 Å². The van der Waals surface area contributed by atoms with Gasteiger partial charge in [0.25, 0.3) is 5.56 Å². The lowest BCUT2D eigenvalue weighted by atomic mass is 10.4. The van der Waals surface area contributed by atoms with Crippen molar-refractivity contribution in [3.8, 4) is 5.75 Å². The second-order valence-corrected chi connectivity index (χ2v) is 3.86. The molecule has 0 aliphatic heterocycles. The lowest BCUT2D eigenvalue weighted by molar-refractivity contribution is 0.120. The molecule has 0 bridgehead atoms. The molecule has 1 rings (SSSR count). The summed E-state index contributed by atoms with van der Waals surface area (Å²) in [7, 11) is 0. The topological polar surface area (TPSA) is 79.4 Å². The summed E-state index contributed by atoms with van der Waals surface area (Å²) in [6.07, 6.45) is 3.66. The molecule has 6 nitrogen and oxygen atoms in total. The Labute approximate surface area is 107 Å². The van der Waals surface area contributed by atoms with Gasteiger partial charge in [-0.15, -0.1) is 0 Å². The smallest absolute Gasteiger partial charge is 0.270 e. The molecular weight excluding hydrogens is 234 g/mol. The molecule has 0 unspecified atom stereocenters. The summed E-state index contributed by atoms with van der Waals surface area (Å²) in [5.74, 6) is 0.452. The molecule has 102 valence electrons. The van der Waals surface area contributed by atoms with Crippen LogP contribution in [-0.4, -0.2) is 36.1 Å². The summed E-state index contributed by atoms with van der Waals surface area (Å²) in [5.41, 5.74) is 5.11. The van der Waals surface area contributed by atoms with Crippen LogP contribution < -0.4 is 16.0 Å². The van der Waals surface area contributed by atoms with Crippen molar-refractivity contribution in [2.24, 2.45) is 5.73 Å². The van der Waals surface area contributed by atoms with Gasteiger partial charge in [-0.3, -0.25) is 4.79 Å². The van der Waals surface area contributed by atoms with Crippen LogP contribution in [0.3, 0.4) is 0 Å². The molecule has 0 spiro atoms. The van der Waals surface area contributed by atoms with E-state index < -0.39 is 0 Å². The molecule has 0 aliphatic rings. The SMILES string of the molecule is CCCCOCCn1ncc(OCCN)cc1=O. The van der Waals surface area contributed by atoms with E-state index in [1.807, 2.05) is 0 Å². The standard InChI is InChI=1S/C12H21N3O3/c1-2-3-6-17-8-5-15-12(16)9-11(10-14-15)18-7-4-13/h9-10H,2-8,13H2,1H3. The van der Waals surface area contributed by atoms with Crippen LogP contribution in [0.1, 0.15) is 19.8 Å². The van der Waals surface area contributed by atoms with Crippen LogP contribution in [-0.2, 0) is 11.3 Å². The summed E-state index contributed by atoms with van der Waals surface area (Å²) in [6.45, 7) is 4.58. The van der Waals surface area contributed by atoms with Gasteiger partial charge in [0.15, 0.2) is 0 Å². The predicted octanol–water partition coefficient (Wildman–Crippen LogP) is 0.397. The van der Waals surface area contributed by atoms with E-state index in [0.717, 1.165) is 19.4 Å². The Balaban J connectivity index is 2.40. The van der Waals surface area contributed by atoms with Crippen LogP contribution in [0.5, 0.6) is 5.75 Å². The highest BCUT2D eigenvalue weighted by Crippen LogP contribution is 2.02. The molecule has 0 atom stereocenters. The highest BCUT2D eigenvalue weighted by molar-refractivity contribution is 5.13. The predicted molar refractivity (Wildman–Crippen MR) is 68.8 cm³/mol. The van der Waals surface area contributed by atoms with E-state index in [1.165, 1.54) is 16.9 Å². The third kappa shape index (κ3) is 5.29. The van der Waals surface area contributed by atoms with Crippen molar-refractivity contribution in [1.29, 1.82) is 0 Å². The van der Waals surface area contributed by atoms with Crippen molar-refractivity contribution in [2.75, 3.05) is 26.4 Å². The third-order valence-electron chi connectivity index (χ3n) is 2.32. The van der Waals surface area contributed by atoms with E-state index in [1.54, 1.807) is 0 Å². The molecule has 6 heteroatoms. The number of nitrogens with two attached hydrogens (primary N) is 1. The number of nitrogens with zero attached hydrogens (tertiary/aromatic N) is 2. The fourth-order valence-electron chi connectivity index (χ4n) is 1.34. The molecule has 0 aliphatic carbocycles. The Morgan fingerprint density at radius 1 is 1.39 bits per heavy atom. The average Bonchev–Trinajstić information content (AvgIpc) is 2.38. The lowest BCUT2D eigenvalue weighted by Crippen LogP contribution is -2.24. The second kappa shape index (κ2) is 8.66. The average molecular weight is 255 g/mol. The first kappa shape index (κ1) is 14.7. The van der Waals surface area contributed by atoms with E-state index in [0.29, 0.717) is 32.1 Å². The number of hydrogen-bond acceptors (Lipinski definition) is 5. The Bertz CT molecular complexity index is 392. The van der Waals surface area contributed by atoms with Crippen molar-refractivity contribution in [2.45, 2.75) is 26.3 Å². The van der Waals surface area contributed by atoms with Gasteiger partial charge < -0.3 is 15.2 Å². The first-order chi connectivity index (χ1) is 8.77. The van der Waals surface area contributed by atoms with Crippen molar-refractivity contribution >= 4 is 0 Å². The molecule has 0 saturated carbocycles. The zero-order valence-corrected chi connectivity index (χ0v) is 10.8. The summed E-state index contributed by atoms with van der Waals surface area (Å²) in [5, 5.41) is 4.01. The lowest BCUT2D eigenvalue weighted by Gasteiger charge is -2.07. The highest BCUT2D eigenvalue weighted by atomic mass is 16.5. The molecule has 0 amide bonds. The van der Waals surface area contributed by atoms with Crippen LogP contribution in [0.15, 0.2) is 17.1 Å². The van der Waals surface area contributed by atoms with Gasteiger partial charge in [-0.25, -0.2) is 4.68 Å². The van der Waals surface area contributed by atoms with Crippen LogP contribution in [0.4, 0.5) is 0 Å². The van der Waals surface area contributed by atoms with E-state index in [-0.39, 0.29) is 5.56 Å². The minimum absolute atomic E-state index is 0.191. The van der Waals surface area contributed by atoms with Crippen molar-refractivity contribution in [3.63, 3.8) is 0 Å². The van der Waals surface area contributed by atoms with E-state index in [4.69, 9.17) is 15.2 Å². The van der Waals surface area contributed by atoms with Crippen molar-refractivity contribution < 1.29 is 9.47 Å². The number of rotatable bonds is 9. The molecule has 0 radical (unpaired) electrons. The minimum Gasteiger partial charge on any atom is -0.490 e. The van der Waals surface area contributed by atoms with Crippen molar-refractivity contribution in [1.82, 2.24) is 9.78 Å². The van der Waals surface area contributed by atoms with Gasteiger partial charge in [0.2, 0.25) is 0 Å². The second-order valence-electron chi connectivity index (χ2n) is 3.86. The summed E-state index contributed by atoms with van der Waals surface area (Å²) >= 11 is 0. The molecule has 0 saturated heterocycles. The molecule has 1 aromatic heterocycles. The minimum atomic E-state index is -0.191. The van der Waals surface area contributed by atoms with Crippen LogP contribution in [0.25, 0.3) is 0 Å². The summed E-state index contributed by atoms with van der Waals surface area (Å²) in [4.78, 5) is 11.7. The normalized spacial score (nSPS) is 10.6. The Morgan fingerprint density at radius 3 is 2.89 bits per heavy atom. The van der Waals surface area contributed by atoms with E-state index in [9.17, 15) is 4.79 Å². The summed E-state index contributed by atoms with van der Waals surface area (Å²) < 4.78 is 12.0. The fraction of sp³-hybridized carbons (Fsp3) is 0.667. The highest BCUT2D eigenvalue weighted by Gasteiger charge is 2.00. The first-order valence-corrected chi connectivity index (χ1v) is 6.25. The zero-order valence-electron chi connectivity index (χ0n) is 10.8. The molecule has 18 heavy (non-hydrogen) atoms. The zero-order chi connectivity index (χ0) is 13.2. The van der Waals surface area contributed by atoms with Gasteiger partial charge in [0.05, 0.1) is 19.3 Å². The molecule has 0 fully saturated rings. The van der Waals surface area contributed by atoms with Gasteiger partial charge in [0, 0.05) is 19.2 Å². The molecule has 2 N–H and O–H groups in total. The van der Waals surface area contributed by atoms with Crippen LogP contribution in [0.2, 0.25) is 0 Å². The van der Waals surface area contributed by atoms with Gasteiger partial charge in [0.1, 0.15) is 12.4 Å². The number of unbranched alkanes of at least 4 members (excludes halogenated alkanes) is 1. The largest absolute Gasteiger partial charge is 0.490 e. The molecule has 1 heterocycles. The maximum Gasteiger partial charge on any atom is 0.270 e. The number of hydrogen-bond donors (Lipinski definition) is 1. The number of aromatic nitrogens is 2. The maximum absolute atomic E-state index is 11.7. The molecule has 1 aromatic rings. The molecular formula is C12H21N3O3. The number of ether oxygens (including phenoxy) is 2. The summed E-state index contributed by atoms with van der Waals surface area (Å²) in [6, 6.07) is 1.41. The third-order valence-corrected chi connectivity index (χ3v) is 2.32. The van der Waals surface area contributed by atoms with E-state index >= 15 is 0 Å². The van der Waals surface area contributed by atoms with Crippen molar-refractivity contribution in [3.05, 3.63) is 22.6 Å². The van der Waals surface area contributed by atoms with E-state index in [2.05, 4.69) is 12.0 Å². The van der Waals surface area contributed by atoms with Gasteiger partial charge in [-0.1, -0.05) is 13.3 Å². The van der Waals surface area contributed by atoms with Gasteiger partial charge in [-0.05, 0) is 6.42 Å². The monoisotopic (exact) mass is 255 g/mol. The van der Waals surface area contributed by atoms with Gasteiger partial charge >= 0.3 is 0 Å². The quantitative estimate of drug-likeness (QED) is 0.646. The Kier molecular flexibility index (Phi) is 7.05. The maximum atomic E-state index is 11.7. The fourth-order valence-corrected chi connectivity index (χ4v) is 1.34. The van der Waals surface area contributed by atoms with Gasteiger partial charge in [-0.2, -0.15) is 5.10 Å². The first-order valence-electron chi connectivity index (χ1n) is 6.25. The Morgan fingerprint density at radius 2 is 2.22 bits per heavy atom.